The van der Waals surface area contributed by atoms with Crippen molar-refractivity contribution in [1.82, 2.24) is 5.32 Å². The molecule has 0 saturated carbocycles. The van der Waals surface area contributed by atoms with Crippen molar-refractivity contribution in [1.29, 1.82) is 0 Å². The molecular weight excluding hydrogens is 178 g/mol. The highest BCUT2D eigenvalue weighted by atomic mass is 16.2. The van der Waals surface area contributed by atoms with Gasteiger partial charge in [-0.05, 0) is 33.8 Å². The summed E-state index contributed by atoms with van der Waals surface area (Å²) in [5, 5.41) is 2.80. The predicted octanol–water partition coefficient (Wildman–Crippen LogP) is 1.83. The van der Waals surface area contributed by atoms with E-state index in [-0.39, 0.29) is 30.1 Å². The minimum atomic E-state index is -0.222. The van der Waals surface area contributed by atoms with Gasteiger partial charge < -0.3 is 5.32 Å². The summed E-state index contributed by atoms with van der Waals surface area (Å²) in [6.45, 7) is 7.53. The van der Waals surface area contributed by atoms with Crippen LogP contribution in [0.1, 0.15) is 40.5 Å². The zero-order valence-electron chi connectivity index (χ0n) is 9.39. The van der Waals surface area contributed by atoms with E-state index in [0.717, 1.165) is 0 Å². The van der Waals surface area contributed by atoms with Gasteiger partial charge in [0.25, 0.3) is 0 Å². The van der Waals surface area contributed by atoms with Crippen LogP contribution >= 0.6 is 0 Å². The van der Waals surface area contributed by atoms with Crippen LogP contribution in [0.2, 0.25) is 0 Å². The van der Waals surface area contributed by atoms with E-state index in [2.05, 4.69) is 5.32 Å². The van der Waals surface area contributed by atoms with Gasteiger partial charge in [0, 0.05) is 18.4 Å². The summed E-state index contributed by atoms with van der Waals surface area (Å²) in [6.07, 6.45) is 3.72. The molecular formula is C11H19NO2. The van der Waals surface area contributed by atoms with Gasteiger partial charge in [-0.3, -0.25) is 9.59 Å². The van der Waals surface area contributed by atoms with Gasteiger partial charge in [0.1, 0.15) is 0 Å². The maximum absolute atomic E-state index is 11.3. The first-order chi connectivity index (χ1) is 6.35. The standard InChI is InChI=1S/C11H19NO2/c1-5-6-9(13)7-8-10(14)12-11(2,3)4/h5-6H,7-8H2,1-4H3,(H,12,14)/b6-5+. The first kappa shape index (κ1) is 12.9. The number of hydrogen-bond acceptors (Lipinski definition) is 2. The van der Waals surface area contributed by atoms with Crippen molar-refractivity contribution >= 4 is 11.7 Å². The van der Waals surface area contributed by atoms with Crippen molar-refractivity contribution in [2.75, 3.05) is 0 Å². The van der Waals surface area contributed by atoms with Crippen LogP contribution in [0.25, 0.3) is 0 Å². The third kappa shape index (κ3) is 7.53. The molecule has 0 aliphatic carbocycles. The normalized spacial score (nSPS) is 11.7. The van der Waals surface area contributed by atoms with Gasteiger partial charge in [-0.25, -0.2) is 0 Å². The van der Waals surface area contributed by atoms with Gasteiger partial charge in [0.2, 0.25) is 5.91 Å². The van der Waals surface area contributed by atoms with Gasteiger partial charge >= 0.3 is 0 Å². The van der Waals surface area contributed by atoms with Crippen LogP contribution in [0.5, 0.6) is 0 Å². The lowest BCUT2D eigenvalue weighted by molar-refractivity contribution is -0.125. The molecule has 1 N–H and O–H groups in total. The fourth-order valence-electron chi connectivity index (χ4n) is 0.987. The van der Waals surface area contributed by atoms with E-state index in [9.17, 15) is 9.59 Å². The van der Waals surface area contributed by atoms with Crippen LogP contribution in [0.3, 0.4) is 0 Å². The molecule has 0 aromatic carbocycles. The molecule has 0 aromatic heterocycles. The summed E-state index contributed by atoms with van der Waals surface area (Å²) in [6, 6.07) is 0. The minimum absolute atomic E-state index is 0.00319. The van der Waals surface area contributed by atoms with E-state index in [4.69, 9.17) is 0 Å². The van der Waals surface area contributed by atoms with E-state index in [0.29, 0.717) is 0 Å². The topological polar surface area (TPSA) is 46.2 Å². The molecule has 0 rings (SSSR count). The highest BCUT2D eigenvalue weighted by molar-refractivity contribution is 5.92. The second-order valence-corrected chi connectivity index (χ2v) is 4.26. The summed E-state index contributed by atoms with van der Waals surface area (Å²) < 4.78 is 0. The molecule has 0 aliphatic heterocycles. The fraction of sp³-hybridized carbons (Fsp3) is 0.636. The Morgan fingerprint density at radius 1 is 1.21 bits per heavy atom. The zero-order chi connectivity index (χ0) is 11.2. The van der Waals surface area contributed by atoms with Crippen LogP contribution in [0.15, 0.2) is 12.2 Å². The first-order valence-corrected chi connectivity index (χ1v) is 4.81. The smallest absolute Gasteiger partial charge is 0.220 e. The van der Waals surface area contributed by atoms with Crippen molar-refractivity contribution in [3.05, 3.63) is 12.2 Å². The van der Waals surface area contributed by atoms with Crippen molar-refractivity contribution in [3.8, 4) is 0 Å². The molecule has 0 spiro atoms. The summed E-state index contributed by atoms with van der Waals surface area (Å²) in [7, 11) is 0. The molecule has 3 nitrogen and oxygen atoms in total. The van der Waals surface area contributed by atoms with Crippen LogP contribution in [-0.4, -0.2) is 17.2 Å². The van der Waals surface area contributed by atoms with Gasteiger partial charge in [-0.1, -0.05) is 6.08 Å². The Labute approximate surface area is 85.6 Å². The molecule has 3 heteroatoms. The van der Waals surface area contributed by atoms with Crippen molar-refractivity contribution in [3.63, 3.8) is 0 Å². The number of hydrogen-bond donors (Lipinski definition) is 1. The lowest BCUT2D eigenvalue weighted by Gasteiger charge is -2.20. The maximum Gasteiger partial charge on any atom is 0.220 e. The number of carbonyl (C=O) groups excluding carboxylic acids is 2. The quantitative estimate of drug-likeness (QED) is 0.699. The Kier molecular flexibility index (Phi) is 5.13. The molecule has 14 heavy (non-hydrogen) atoms. The zero-order valence-corrected chi connectivity index (χ0v) is 9.39. The van der Waals surface area contributed by atoms with Gasteiger partial charge in [-0.15, -0.1) is 0 Å². The number of carbonyl (C=O) groups is 2. The molecule has 0 fully saturated rings. The van der Waals surface area contributed by atoms with Gasteiger partial charge in [0.15, 0.2) is 5.78 Å². The van der Waals surface area contributed by atoms with Crippen LogP contribution < -0.4 is 5.32 Å². The molecule has 0 unspecified atom stereocenters. The lowest BCUT2D eigenvalue weighted by Crippen LogP contribution is -2.40. The molecule has 0 saturated heterocycles. The second kappa shape index (κ2) is 5.58. The molecule has 0 aliphatic rings. The minimum Gasteiger partial charge on any atom is -0.351 e. The van der Waals surface area contributed by atoms with E-state index in [1.54, 1.807) is 13.0 Å². The van der Waals surface area contributed by atoms with Crippen molar-refractivity contribution in [2.45, 2.75) is 46.1 Å². The Bertz CT molecular complexity index is 236. The third-order valence-corrected chi connectivity index (χ3v) is 1.47. The van der Waals surface area contributed by atoms with Crippen LogP contribution in [0, 0.1) is 0 Å². The van der Waals surface area contributed by atoms with Crippen molar-refractivity contribution in [2.24, 2.45) is 0 Å². The molecule has 1 amide bonds. The molecule has 80 valence electrons. The van der Waals surface area contributed by atoms with Gasteiger partial charge in [0.05, 0.1) is 0 Å². The Morgan fingerprint density at radius 2 is 1.79 bits per heavy atom. The number of amides is 1. The number of nitrogens with one attached hydrogen (secondary N) is 1. The highest BCUT2D eigenvalue weighted by Crippen LogP contribution is 2.01. The summed E-state index contributed by atoms with van der Waals surface area (Å²) in [5.41, 5.74) is -0.222. The number of ketones is 1. The van der Waals surface area contributed by atoms with E-state index in [1.807, 2.05) is 20.8 Å². The summed E-state index contributed by atoms with van der Waals surface area (Å²) >= 11 is 0. The summed E-state index contributed by atoms with van der Waals surface area (Å²) in [5.74, 6) is -0.0769. The fourth-order valence-corrected chi connectivity index (χ4v) is 0.987. The van der Waals surface area contributed by atoms with Crippen LogP contribution in [0.4, 0.5) is 0 Å². The van der Waals surface area contributed by atoms with Crippen molar-refractivity contribution < 1.29 is 9.59 Å². The Balaban J connectivity index is 3.81. The number of allylic oxidation sites excluding steroid dienone is 2. The number of rotatable bonds is 4. The molecule has 0 aromatic rings. The van der Waals surface area contributed by atoms with E-state index >= 15 is 0 Å². The lowest BCUT2D eigenvalue weighted by atomic mass is 10.1. The average Bonchev–Trinajstić information content (AvgIpc) is 1.98. The Morgan fingerprint density at radius 3 is 2.21 bits per heavy atom. The molecule has 0 radical (unpaired) electrons. The van der Waals surface area contributed by atoms with E-state index in [1.165, 1.54) is 6.08 Å². The maximum atomic E-state index is 11.3. The van der Waals surface area contributed by atoms with E-state index < -0.39 is 0 Å². The summed E-state index contributed by atoms with van der Waals surface area (Å²) in [4.78, 5) is 22.3. The molecule has 0 bridgehead atoms. The highest BCUT2D eigenvalue weighted by Gasteiger charge is 2.13. The monoisotopic (exact) mass is 197 g/mol. The molecule has 0 atom stereocenters. The predicted molar refractivity (Wildman–Crippen MR) is 57.0 cm³/mol. The third-order valence-electron chi connectivity index (χ3n) is 1.47. The first-order valence-electron chi connectivity index (χ1n) is 4.81. The molecule has 0 heterocycles. The van der Waals surface area contributed by atoms with Gasteiger partial charge in [-0.2, -0.15) is 0 Å². The largest absolute Gasteiger partial charge is 0.351 e. The SMILES string of the molecule is C/C=C/C(=O)CCC(=O)NC(C)(C)C. The van der Waals surface area contributed by atoms with Crippen LogP contribution in [-0.2, 0) is 9.59 Å². The second-order valence-electron chi connectivity index (χ2n) is 4.26. The Hall–Kier alpha value is -1.12. The average molecular weight is 197 g/mol.